The van der Waals surface area contributed by atoms with Crippen LogP contribution in [0.1, 0.15) is 47.6 Å². The van der Waals surface area contributed by atoms with Crippen molar-refractivity contribution < 1.29 is 13.2 Å². The molecular weight excluding hydrogens is 417 g/mol. The summed E-state index contributed by atoms with van der Waals surface area (Å²) in [6, 6.07) is 21.2. The van der Waals surface area contributed by atoms with Crippen LogP contribution >= 0.6 is 0 Å². The van der Waals surface area contributed by atoms with E-state index in [9.17, 15) is 8.78 Å². The van der Waals surface area contributed by atoms with Gasteiger partial charge in [0.05, 0.1) is 0 Å². The number of aryl methyl sites for hydroxylation is 3. The molecular formula is C30H25F3. The van der Waals surface area contributed by atoms with Crippen LogP contribution in [0.4, 0.5) is 13.2 Å². The Labute approximate surface area is 193 Å². The molecule has 4 aromatic rings. The first-order valence-corrected chi connectivity index (χ1v) is 11.3. The molecule has 0 aromatic heterocycles. The van der Waals surface area contributed by atoms with E-state index >= 15 is 4.39 Å². The highest BCUT2D eigenvalue weighted by molar-refractivity contribution is 5.85. The van der Waals surface area contributed by atoms with Gasteiger partial charge in [-0.2, -0.15) is 0 Å². The zero-order valence-corrected chi connectivity index (χ0v) is 18.6. The van der Waals surface area contributed by atoms with Gasteiger partial charge in [-0.05, 0) is 84.2 Å². The third-order valence-corrected chi connectivity index (χ3v) is 5.83. The Morgan fingerprint density at radius 1 is 0.636 bits per heavy atom. The van der Waals surface area contributed by atoms with Gasteiger partial charge in [-0.3, -0.25) is 0 Å². The van der Waals surface area contributed by atoms with Crippen molar-refractivity contribution in [1.82, 2.24) is 0 Å². The fourth-order valence-corrected chi connectivity index (χ4v) is 3.86. The quantitative estimate of drug-likeness (QED) is 0.267. The number of hydrogen-bond donors (Lipinski definition) is 0. The summed E-state index contributed by atoms with van der Waals surface area (Å²) >= 11 is 0. The Hall–Kier alpha value is -3.51. The van der Waals surface area contributed by atoms with Crippen molar-refractivity contribution in [3.8, 4) is 11.8 Å². The third-order valence-electron chi connectivity index (χ3n) is 5.83. The van der Waals surface area contributed by atoms with Crippen LogP contribution in [0.15, 0.2) is 72.8 Å². The van der Waals surface area contributed by atoms with Gasteiger partial charge in [-0.1, -0.05) is 61.6 Å². The SMILES string of the molecule is CCCCc1ccc(C#Cc2ccc3c(F)c(CCc4ccc(F)c(F)c4)ccc3c2)cc1. The van der Waals surface area contributed by atoms with Crippen molar-refractivity contribution in [1.29, 1.82) is 0 Å². The number of rotatable bonds is 6. The molecule has 0 N–H and O–H groups in total. The van der Waals surface area contributed by atoms with Crippen molar-refractivity contribution in [3.63, 3.8) is 0 Å². The monoisotopic (exact) mass is 442 g/mol. The van der Waals surface area contributed by atoms with Gasteiger partial charge < -0.3 is 0 Å². The number of hydrogen-bond acceptors (Lipinski definition) is 0. The second-order valence-corrected chi connectivity index (χ2v) is 8.27. The normalized spacial score (nSPS) is 10.8. The highest BCUT2D eigenvalue weighted by atomic mass is 19.2. The first-order chi connectivity index (χ1) is 16.0. The lowest BCUT2D eigenvalue weighted by molar-refractivity contribution is 0.507. The average Bonchev–Trinajstić information content (AvgIpc) is 2.83. The van der Waals surface area contributed by atoms with Crippen LogP contribution in [0.5, 0.6) is 0 Å². The van der Waals surface area contributed by atoms with Crippen LogP contribution in [0.2, 0.25) is 0 Å². The maximum absolute atomic E-state index is 15.1. The number of halogens is 3. The van der Waals surface area contributed by atoms with Crippen molar-refractivity contribution in [2.75, 3.05) is 0 Å². The van der Waals surface area contributed by atoms with Crippen molar-refractivity contribution in [2.24, 2.45) is 0 Å². The Bertz CT molecular complexity index is 1320. The molecule has 4 aromatic carbocycles. The Balaban J connectivity index is 1.48. The summed E-state index contributed by atoms with van der Waals surface area (Å²) in [6.45, 7) is 2.19. The van der Waals surface area contributed by atoms with Gasteiger partial charge >= 0.3 is 0 Å². The molecule has 3 heteroatoms. The molecule has 0 unspecified atom stereocenters. The van der Waals surface area contributed by atoms with E-state index in [1.807, 2.05) is 30.3 Å². The summed E-state index contributed by atoms with van der Waals surface area (Å²) in [6.07, 6.45) is 4.29. The molecule has 0 radical (unpaired) electrons. The second kappa shape index (κ2) is 10.4. The van der Waals surface area contributed by atoms with E-state index in [4.69, 9.17) is 0 Å². The van der Waals surface area contributed by atoms with Gasteiger partial charge in [0.25, 0.3) is 0 Å². The summed E-state index contributed by atoms with van der Waals surface area (Å²) in [5, 5.41) is 1.31. The zero-order valence-electron chi connectivity index (χ0n) is 18.6. The average molecular weight is 443 g/mol. The van der Waals surface area contributed by atoms with Crippen LogP contribution in [-0.2, 0) is 19.3 Å². The third kappa shape index (κ3) is 5.65. The Morgan fingerprint density at radius 2 is 1.36 bits per heavy atom. The molecule has 0 aliphatic rings. The maximum atomic E-state index is 15.1. The summed E-state index contributed by atoms with van der Waals surface area (Å²) in [4.78, 5) is 0. The predicted octanol–water partition coefficient (Wildman–Crippen LogP) is 7.78. The zero-order chi connectivity index (χ0) is 23.2. The van der Waals surface area contributed by atoms with Crippen LogP contribution < -0.4 is 0 Å². The van der Waals surface area contributed by atoms with Gasteiger partial charge in [0.1, 0.15) is 5.82 Å². The van der Waals surface area contributed by atoms with E-state index in [0.717, 1.165) is 35.1 Å². The van der Waals surface area contributed by atoms with Crippen LogP contribution in [0, 0.1) is 29.3 Å². The van der Waals surface area contributed by atoms with Crippen molar-refractivity contribution >= 4 is 10.8 Å². The Kier molecular flexibility index (Phi) is 7.15. The fraction of sp³-hybridized carbons (Fsp3) is 0.200. The van der Waals surface area contributed by atoms with Crippen LogP contribution in [0.25, 0.3) is 10.8 Å². The lowest BCUT2D eigenvalue weighted by Gasteiger charge is -2.08. The fourth-order valence-electron chi connectivity index (χ4n) is 3.86. The largest absolute Gasteiger partial charge is 0.206 e. The number of fused-ring (bicyclic) bond motifs is 1. The minimum Gasteiger partial charge on any atom is -0.206 e. The van der Waals surface area contributed by atoms with Crippen LogP contribution in [-0.4, -0.2) is 0 Å². The van der Waals surface area contributed by atoms with E-state index in [-0.39, 0.29) is 5.82 Å². The molecule has 0 atom stereocenters. The van der Waals surface area contributed by atoms with E-state index in [1.54, 1.807) is 12.1 Å². The molecule has 0 amide bonds. The first-order valence-electron chi connectivity index (χ1n) is 11.3. The van der Waals surface area contributed by atoms with Crippen LogP contribution in [0.3, 0.4) is 0 Å². The maximum Gasteiger partial charge on any atom is 0.159 e. The molecule has 0 fully saturated rings. The smallest absolute Gasteiger partial charge is 0.159 e. The van der Waals surface area contributed by atoms with Gasteiger partial charge in [-0.15, -0.1) is 0 Å². The predicted molar refractivity (Wildman–Crippen MR) is 129 cm³/mol. The highest BCUT2D eigenvalue weighted by Crippen LogP contribution is 2.24. The molecule has 0 aliphatic heterocycles. The summed E-state index contributed by atoms with van der Waals surface area (Å²) in [5.41, 5.74) is 4.29. The van der Waals surface area contributed by atoms with Gasteiger partial charge in [-0.25, -0.2) is 13.2 Å². The summed E-state index contributed by atoms with van der Waals surface area (Å²) in [7, 11) is 0. The molecule has 0 saturated heterocycles. The van der Waals surface area contributed by atoms with E-state index in [1.165, 1.54) is 24.5 Å². The lowest BCUT2D eigenvalue weighted by atomic mass is 9.99. The molecule has 33 heavy (non-hydrogen) atoms. The molecule has 0 spiro atoms. The molecule has 0 nitrogen and oxygen atoms in total. The lowest BCUT2D eigenvalue weighted by Crippen LogP contribution is -1.97. The van der Waals surface area contributed by atoms with Crippen molar-refractivity contribution in [3.05, 3.63) is 118 Å². The van der Waals surface area contributed by atoms with E-state index < -0.39 is 11.6 Å². The Morgan fingerprint density at radius 3 is 2.12 bits per heavy atom. The molecule has 0 aliphatic carbocycles. The minimum absolute atomic E-state index is 0.280. The molecule has 4 rings (SSSR count). The van der Waals surface area contributed by atoms with Crippen molar-refractivity contribution in [2.45, 2.75) is 39.0 Å². The van der Waals surface area contributed by atoms with Gasteiger partial charge in [0.2, 0.25) is 0 Å². The summed E-state index contributed by atoms with van der Waals surface area (Å²) < 4.78 is 41.6. The van der Waals surface area contributed by atoms with Gasteiger partial charge in [0.15, 0.2) is 11.6 Å². The van der Waals surface area contributed by atoms with E-state index in [0.29, 0.717) is 29.4 Å². The standard InChI is InChI=1S/C30H25F3/c1-2-3-4-21-5-7-22(8-6-21)9-10-23-12-17-27-26(19-23)16-15-25(30(27)33)14-11-24-13-18-28(31)29(32)20-24/h5-8,12-13,15-20H,2-4,11,14H2,1H3. The number of benzene rings is 4. The minimum atomic E-state index is -0.882. The number of unbranched alkanes of at least 4 members (excludes halogenated alkanes) is 1. The second-order valence-electron chi connectivity index (χ2n) is 8.27. The summed E-state index contributed by atoms with van der Waals surface area (Å²) in [5.74, 6) is 4.31. The molecule has 0 bridgehead atoms. The van der Waals surface area contributed by atoms with Gasteiger partial charge in [0, 0.05) is 16.5 Å². The highest BCUT2D eigenvalue weighted by Gasteiger charge is 2.09. The molecule has 0 heterocycles. The topological polar surface area (TPSA) is 0 Å². The van der Waals surface area contributed by atoms with E-state index in [2.05, 4.69) is 30.9 Å². The molecule has 166 valence electrons. The molecule has 0 saturated carbocycles. The first kappa shape index (κ1) is 22.7.